The number of nitrogens with one attached hydrogen (secondary N) is 1. The third-order valence-corrected chi connectivity index (χ3v) is 6.83. The van der Waals surface area contributed by atoms with Crippen molar-refractivity contribution in [2.24, 2.45) is 23.7 Å². The van der Waals surface area contributed by atoms with Gasteiger partial charge in [-0.2, -0.15) is 0 Å². The fraction of sp³-hybridized carbons (Fsp3) is 0.684. The predicted molar refractivity (Wildman–Crippen MR) is 81.7 cm³/mol. The highest BCUT2D eigenvalue weighted by atomic mass is 15.0. The lowest BCUT2D eigenvalue weighted by Crippen LogP contribution is -2.29. The second kappa shape index (κ2) is 4.34. The summed E-state index contributed by atoms with van der Waals surface area (Å²) in [5.74, 6) is 5.13. The average Bonchev–Trinajstić information content (AvgIpc) is 2.88. The van der Waals surface area contributed by atoms with Gasteiger partial charge in [-0.05, 0) is 79.2 Å². The van der Waals surface area contributed by atoms with E-state index >= 15 is 0 Å². The lowest BCUT2D eigenvalue weighted by molar-refractivity contribution is 0.434. The van der Waals surface area contributed by atoms with Gasteiger partial charge in [-0.15, -0.1) is 0 Å². The maximum absolute atomic E-state index is 3.97. The van der Waals surface area contributed by atoms with E-state index in [0.29, 0.717) is 0 Å². The minimum Gasteiger partial charge on any atom is -0.313 e. The molecule has 3 fully saturated rings. The standard InChI is InChI=1S/C19H25N/c1-2-7-16-12(4-1)5-3-6-15(16)11-20-19-17-13-8-9-14(10-13)18(17)19/h1-2,4,7,13-15,17-20H,3,5-6,8-11H2. The van der Waals surface area contributed by atoms with Crippen molar-refractivity contribution in [3.05, 3.63) is 35.4 Å². The number of rotatable bonds is 3. The molecule has 0 amide bonds. The van der Waals surface area contributed by atoms with Crippen LogP contribution in [0.2, 0.25) is 0 Å². The van der Waals surface area contributed by atoms with E-state index in [1.807, 2.05) is 0 Å². The summed E-state index contributed by atoms with van der Waals surface area (Å²) in [5.41, 5.74) is 3.25. The fourth-order valence-corrected chi connectivity index (χ4v) is 5.94. The van der Waals surface area contributed by atoms with Gasteiger partial charge in [-0.3, -0.25) is 0 Å². The molecule has 0 radical (unpaired) electrons. The van der Waals surface area contributed by atoms with Gasteiger partial charge < -0.3 is 5.32 Å². The zero-order valence-electron chi connectivity index (χ0n) is 12.2. The van der Waals surface area contributed by atoms with Crippen LogP contribution in [0.5, 0.6) is 0 Å². The SMILES string of the molecule is c1ccc2c(c1)CCCC2CNC1C2C3CCC(C3)C12. The van der Waals surface area contributed by atoms with Crippen LogP contribution in [0.25, 0.3) is 0 Å². The number of benzene rings is 1. The Morgan fingerprint density at radius 1 is 1.00 bits per heavy atom. The van der Waals surface area contributed by atoms with Gasteiger partial charge >= 0.3 is 0 Å². The zero-order chi connectivity index (χ0) is 13.1. The molecule has 4 aliphatic carbocycles. The summed E-state index contributed by atoms with van der Waals surface area (Å²) in [5, 5.41) is 3.97. The molecule has 5 rings (SSSR count). The summed E-state index contributed by atoms with van der Waals surface area (Å²) in [6, 6.07) is 10.0. The summed E-state index contributed by atoms with van der Waals surface area (Å²) in [7, 11) is 0. The molecule has 5 unspecified atom stereocenters. The van der Waals surface area contributed by atoms with Crippen LogP contribution in [-0.4, -0.2) is 12.6 Å². The second-order valence-corrected chi connectivity index (χ2v) is 7.71. The molecule has 1 heteroatoms. The first-order valence-corrected chi connectivity index (χ1v) is 8.73. The van der Waals surface area contributed by atoms with Crippen molar-refractivity contribution in [2.45, 2.75) is 50.5 Å². The molecular weight excluding hydrogens is 242 g/mol. The smallest absolute Gasteiger partial charge is 0.0136 e. The third-order valence-electron chi connectivity index (χ3n) is 6.83. The number of aryl methyl sites for hydroxylation is 1. The molecule has 1 aromatic carbocycles. The molecule has 2 bridgehead atoms. The van der Waals surface area contributed by atoms with Gasteiger partial charge in [-0.1, -0.05) is 24.3 Å². The summed E-state index contributed by atoms with van der Waals surface area (Å²) >= 11 is 0. The first-order chi connectivity index (χ1) is 9.92. The van der Waals surface area contributed by atoms with Crippen LogP contribution in [0.15, 0.2) is 24.3 Å². The Morgan fingerprint density at radius 2 is 1.80 bits per heavy atom. The predicted octanol–water partition coefficient (Wildman–Crippen LogP) is 3.74. The topological polar surface area (TPSA) is 12.0 Å². The molecule has 1 aromatic rings. The van der Waals surface area contributed by atoms with E-state index < -0.39 is 0 Å². The lowest BCUT2D eigenvalue weighted by atomic mass is 9.83. The summed E-state index contributed by atoms with van der Waals surface area (Å²) in [6.45, 7) is 1.23. The molecule has 0 heterocycles. The fourth-order valence-electron chi connectivity index (χ4n) is 5.94. The number of hydrogen-bond acceptors (Lipinski definition) is 1. The van der Waals surface area contributed by atoms with Crippen LogP contribution >= 0.6 is 0 Å². The van der Waals surface area contributed by atoms with Crippen LogP contribution in [0, 0.1) is 23.7 Å². The maximum Gasteiger partial charge on any atom is 0.0136 e. The van der Waals surface area contributed by atoms with E-state index in [1.165, 1.54) is 38.6 Å². The minimum atomic E-state index is 0.777. The van der Waals surface area contributed by atoms with Crippen molar-refractivity contribution < 1.29 is 0 Å². The van der Waals surface area contributed by atoms with Crippen LogP contribution in [0.1, 0.15) is 49.1 Å². The van der Waals surface area contributed by atoms with Gasteiger partial charge in [0.15, 0.2) is 0 Å². The van der Waals surface area contributed by atoms with Crippen molar-refractivity contribution in [3.8, 4) is 0 Å². The monoisotopic (exact) mass is 267 g/mol. The van der Waals surface area contributed by atoms with E-state index in [1.54, 1.807) is 17.5 Å². The Morgan fingerprint density at radius 3 is 2.65 bits per heavy atom. The van der Waals surface area contributed by atoms with Crippen molar-refractivity contribution in [1.29, 1.82) is 0 Å². The van der Waals surface area contributed by atoms with Crippen LogP contribution < -0.4 is 5.32 Å². The van der Waals surface area contributed by atoms with Crippen molar-refractivity contribution >= 4 is 0 Å². The Bertz CT molecular complexity index is 506. The molecular formula is C19H25N. The van der Waals surface area contributed by atoms with E-state index in [4.69, 9.17) is 0 Å². The maximum atomic E-state index is 3.97. The highest BCUT2D eigenvalue weighted by Gasteiger charge is 2.64. The van der Waals surface area contributed by atoms with Gasteiger partial charge in [0.1, 0.15) is 0 Å². The molecule has 1 N–H and O–H groups in total. The number of fused-ring (bicyclic) bond motifs is 6. The Balaban J connectivity index is 1.26. The highest BCUT2D eigenvalue weighted by molar-refractivity contribution is 5.33. The normalized spacial score (nSPS) is 44.2. The van der Waals surface area contributed by atoms with Crippen molar-refractivity contribution in [2.75, 3.05) is 6.54 Å². The van der Waals surface area contributed by atoms with Gasteiger partial charge in [0.05, 0.1) is 0 Å². The van der Waals surface area contributed by atoms with Gasteiger partial charge in [0.25, 0.3) is 0 Å². The summed E-state index contributed by atoms with van der Waals surface area (Å²) in [4.78, 5) is 0. The zero-order valence-corrected chi connectivity index (χ0v) is 12.2. The number of hydrogen-bond donors (Lipinski definition) is 1. The van der Waals surface area contributed by atoms with Crippen molar-refractivity contribution in [1.82, 2.24) is 5.32 Å². The van der Waals surface area contributed by atoms with Gasteiger partial charge in [0.2, 0.25) is 0 Å². The first kappa shape index (κ1) is 11.8. The van der Waals surface area contributed by atoms with Crippen LogP contribution in [0.3, 0.4) is 0 Å². The largest absolute Gasteiger partial charge is 0.313 e. The quantitative estimate of drug-likeness (QED) is 0.879. The minimum absolute atomic E-state index is 0.777. The molecule has 0 saturated heterocycles. The first-order valence-electron chi connectivity index (χ1n) is 8.73. The van der Waals surface area contributed by atoms with E-state index in [-0.39, 0.29) is 0 Å². The molecule has 0 spiro atoms. The third kappa shape index (κ3) is 1.65. The molecule has 0 aromatic heterocycles. The van der Waals surface area contributed by atoms with E-state index in [0.717, 1.165) is 35.6 Å². The summed E-state index contributed by atoms with van der Waals surface area (Å²) < 4.78 is 0. The Labute approximate surface area is 122 Å². The lowest BCUT2D eigenvalue weighted by Gasteiger charge is -2.26. The van der Waals surface area contributed by atoms with Gasteiger partial charge in [0, 0.05) is 12.6 Å². The Kier molecular flexibility index (Phi) is 2.56. The molecule has 0 aliphatic heterocycles. The Hall–Kier alpha value is -0.820. The second-order valence-electron chi connectivity index (χ2n) is 7.71. The molecule has 3 saturated carbocycles. The molecule has 5 atom stereocenters. The molecule has 106 valence electrons. The van der Waals surface area contributed by atoms with Gasteiger partial charge in [-0.25, -0.2) is 0 Å². The average molecular weight is 267 g/mol. The van der Waals surface area contributed by atoms with E-state index in [9.17, 15) is 0 Å². The molecule has 20 heavy (non-hydrogen) atoms. The molecule has 1 nitrogen and oxygen atoms in total. The van der Waals surface area contributed by atoms with Crippen LogP contribution in [0.4, 0.5) is 0 Å². The van der Waals surface area contributed by atoms with E-state index in [2.05, 4.69) is 29.6 Å². The molecule has 4 aliphatic rings. The van der Waals surface area contributed by atoms with Crippen LogP contribution in [-0.2, 0) is 6.42 Å². The van der Waals surface area contributed by atoms with Crippen molar-refractivity contribution in [3.63, 3.8) is 0 Å². The summed E-state index contributed by atoms with van der Waals surface area (Å²) in [6.07, 6.45) is 8.71. The highest BCUT2D eigenvalue weighted by Crippen LogP contribution is 2.65.